The highest BCUT2D eigenvalue weighted by atomic mass is 19.4. The van der Waals surface area contributed by atoms with Crippen molar-refractivity contribution >= 4 is 11.9 Å². The molecular formula is C15H19F3N2O4. The van der Waals surface area contributed by atoms with Crippen molar-refractivity contribution in [3.05, 3.63) is 17.5 Å². The van der Waals surface area contributed by atoms with Crippen LogP contribution in [0.5, 0.6) is 0 Å². The molecule has 6 nitrogen and oxygen atoms in total. The summed E-state index contributed by atoms with van der Waals surface area (Å²) in [4.78, 5) is 22.9. The van der Waals surface area contributed by atoms with Crippen molar-refractivity contribution in [2.45, 2.75) is 45.3 Å². The standard InChI is InChI=1S/C15H19F3N2O4/c1-3-24-14(23)10-5-4-9(6-8(10)2)20-12(15(16,17)18)11(7-19-20)13(21)22/h7-10H,3-6H2,1-2H3,(H,21,22)/t8-,9+,10+/m0/s1. The van der Waals surface area contributed by atoms with Gasteiger partial charge in [0.2, 0.25) is 0 Å². The highest BCUT2D eigenvalue weighted by Crippen LogP contribution is 2.41. The largest absolute Gasteiger partial charge is 0.478 e. The molecule has 24 heavy (non-hydrogen) atoms. The Kier molecular flexibility index (Phi) is 5.19. The summed E-state index contributed by atoms with van der Waals surface area (Å²) in [6, 6.07) is -0.601. The summed E-state index contributed by atoms with van der Waals surface area (Å²) in [7, 11) is 0. The normalized spacial score (nSPS) is 24.6. The summed E-state index contributed by atoms with van der Waals surface area (Å²) in [5.74, 6) is -2.54. The fourth-order valence-corrected chi connectivity index (χ4v) is 3.27. The Morgan fingerprint density at radius 3 is 2.58 bits per heavy atom. The Morgan fingerprint density at radius 2 is 2.08 bits per heavy atom. The molecule has 2 rings (SSSR count). The first-order valence-electron chi connectivity index (χ1n) is 7.71. The lowest BCUT2D eigenvalue weighted by atomic mass is 9.78. The third kappa shape index (κ3) is 3.54. The van der Waals surface area contributed by atoms with E-state index < -0.39 is 29.4 Å². The van der Waals surface area contributed by atoms with Crippen molar-refractivity contribution in [2.24, 2.45) is 11.8 Å². The van der Waals surface area contributed by atoms with Gasteiger partial charge in [-0.05, 0) is 32.1 Å². The van der Waals surface area contributed by atoms with Crippen LogP contribution in [0.3, 0.4) is 0 Å². The molecule has 0 spiro atoms. The predicted molar refractivity (Wildman–Crippen MR) is 76.4 cm³/mol. The number of aromatic carboxylic acids is 1. The number of rotatable bonds is 4. The molecule has 3 atom stereocenters. The van der Waals surface area contributed by atoms with Gasteiger partial charge in [-0.2, -0.15) is 18.3 Å². The Labute approximate surface area is 136 Å². The van der Waals surface area contributed by atoms with E-state index in [0.29, 0.717) is 19.3 Å². The van der Waals surface area contributed by atoms with E-state index >= 15 is 0 Å². The van der Waals surface area contributed by atoms with Gasteiger partial charge < -0.3 is 9.84 Å². The van der Waals surface area contributed by atoms with Crippen molar-refractivity contribution in [3.8, 4) is 0 Å². The molecule has 1 N–H and O–H groups in total. The van der Waals surface area contributed by atoms with Gasteiger partial charge in [-0.25, -0.2) is 4.79 Å². The Morgan fingerprint density at radius 1 is 1.42 bits per heavy atom. The van der Waals surface area contributed by atoms with Crippen LogP contribution in [0.2, 0.25) is 0 Å². The minimum absolute atomic E-state index is 0.179. The average Bonchev–Trinajstić information content (AvgIpc) is 2.92. The second-order valence-electron chi connectivity index (χ2n) is 5.96. The maximum Gasteiger partial charge on any atom is 0.433 e. The molecule has 0 bridgehead atoms. The molecule has 1 saturated carbocycles. The lowest BCUT2D eigenvalue weighted by molar-refractivity contribution is -0.153. The number of nitrogens with zero attached hydrogens (tertiary/aromatic N) is 2. The molecule has 1 aliphatic carbocycles. The summed E-state index contributed by atoms with van der Waals surface area (Å²) in [6.07, 6.45) is -3.10. The zero-order valence-corrected chi connectivity index (χ0v) is 13.3. The molecular weight excluding hydrogens is 329 g/mol. The van der Waals surface area contributed by atoms with Gasteiger partial charge in [-0.3, -0.25) is 9.48 Å². The van der Waals surface area contributed by atoms with E-state index in [1.165, 1.54) is 0 Å². The summed E-state index contributed by atoms with van der Waals surface area (Å²) in [6.45, 7) is 3.73. The molecule has 134 valence electrons. The average molecular weight is 348 g/mol. The molecule has 1 aromatic heterocycles. The topological polar surface area (TPSA) is 81.4 Å². The van der Waals surface area contributed by atoms with E-state index in [4.69, 9.17) is 9.84 Å². The van der Waals surface area contributed by atoms with Crippen LogP contribution in [0.4, 0.5) is 13.2 Å². The quantitative estimate of drug-likeness (QED) is 0.846. The number of hydrogen-bond acceptors (Lipinski definition) is 4. The number of carbonyl (C=O) groups is 2. The Balaban J connectivity index is 2.26. The molecule has 1 fully saturated rings. The second kappa shape index (κ2) is 6.82. The molecule has 0 radical (unpaired) electrons. The maximum absolute atomic E-state index is 13.3. The molecule has 0 saturated heterocycles. The number of esters is 1. The SMILES string of the molecule is CCOC(=O)[C@@H]1CC[C@@H](n2ncc(C(=O)O)c2C(F)(F)F)C[C@@H]1C. The molecule has 0 aliphatic heterocycles. The molecule has 1 heterocycles. The van der Waals surface area contributed by atoms with Gasteiger partial charge in [0.15, 0.2) is 5.69 Å². The maximum atomic E-state index is 13.3. The van der Waals surface area contributed by atoms with Gasteiger partial charge in [0.05, 0.1) is 24.8 Å². The minimum atomic E-state index is -4.81. The van der Waals surface area contributed by atoms with E-state index in [0.717, 1.165) is 10.9 Å². The summed E-state index contributed by atoms with van der Waals surface area (Å²) >= 11 is 0. The monoisotopic (exact) mass is 348 g/mol. The van der Waals surface area contributed by atoms with E-state index in [9.17, 15) is 22.8 Å². The van der Waals surface area contributed by atoms with Crippen LogP contribution in [0.15, 0.2) is 6.20 Å². The van der Waals surface area contributed by atoms with Crippen molar-refractivity contribution < 1.29 is 32.6 Å². The fourth-order valence-electron chi connectivity index (χ4n) is 3.27. The summed E-state index contributed by atoms with van der Waals surface area (Å²) in [5.41, 5.74) is -2.11. The van der Waals surface area contributed by atoms with Crippen LogP contribution < -0.4 is 0 Å². The Hall–Kier alpha value is -2.06. The van der Waals surface area contributed by atoms with E-state index in [1.54, 1.807) is 13.8 Å². The third-order valence-electron chi connectivity index (χ3n) is 4.37. The lowest BCUT2D eigenvalue weighted by Gasteiger charge is -2.33. The van der Waals surface area contributed by atoms with Crippen LogP contribution in [0.1, 0.15) is 55.2 Å². The minimum Gasteiger partial charge on any atom is -0.478 e. The van der Waals surface area contributed by atoms with Gasteiger partial charge in [0.25, 0.3) is 0 Å². The fraction of sp³-hybridized carbons (Fsp3) is 0.667. The highest BCUT2D eigenvalue weighted by molar-refractivity contribution is 5.88. The number of carboxylic acid groups (broad SMARTS) is 1. The van der Waals surface area contributed by atoms with Crippen LogP contribution >= 0.6 is 0 Å². The number of carbonyl (C=O) groups excluding carboxylic acids is 1. The number of hydrogen-bond donors (Lipinski definition) is 1. The van der Waals surface area contributed by atoms with Crippen LogP contribution in [-0.4, -0.2) is 33.4 Å². The third-order valence-corrected chi connectivity index (χ3v) is 4.37. The molecule has 0 aromatic carbocycles. The number of ether oxygens (including phenoxy) is 1. The van der Waals surface area contributed by atoms with Crippen molar-refractivity contribution in [3.63, 3.8) is 0 Å². The number of alkyl halides is 3. The first-order valence-corrected chi connectivity index (χ1v) is 7.71. The van der Waals surface area contributed by atoms with E-state index in [-0.39, 0.29) is 24.4 Å². The lowest BCUT2D eigenvalue weighted by Crippen LogP contribution is -2.33. The van der Waals surface area contributed by atoms with Crippen molar-refractivity contribution in [2.75, 3.05) is 6.61 Å². The zero-order valence-electron chi connectivity index (χ0n) is 13.3. The van der Waals surface area contributed by atoms with Crippen molar-refractivity contribution in [1.82, 2.24) is 9.78 Å². The Bertz CT molecular complexity index is 627. The summed E-state index contributed by atoms with van der Waals surface area (Å²) in [5, 5.41) is 12.6. The van der Waals surface area contributed by atoms with Crippen molar-refractivity contribution in [1.29, 1.82) is 0 Å². The second-order valence-corrected chi connectivity index (χ2v) is 5.96. The number of halogens is 3. The van der Waals surface area contributed by atoms with Gasteiger partial charge in [0.1, 0.15) is 5.56 Å². The molecule has 0 unspecified atom stereocenters. The molecule has 1 aromatic rings. The van der Waals surface area contributed by atoms with Gasteiger partial charge in [-0.15, -0.1) is 0 Å². The van der Waals surface area contributed by atoms with Crippen LogP contribution in [0.25, 0.3) is 0 Å². The predicted octanol–water partition coefficient (Wildman–Crippen LogP) is 3.14. The van der Waals surface area contributed by atoms with Gasteiger partial charge in [0, 0.05) is 0 Å². The first kappa shape index (κ1) is 18.3. The zero-order chi connectivity index (χ0) is 18.1. The number of aromatic nitrogens is 2. The van der Waals surface area contributed by atoms with Crippen LogP contribution in [0, 0.1) is 11.8 Å². The molecule has 1 aliphatic rings. The van der Waals surface area contributed by atoms with Gasteiger partial charge in [-0.1, -0.05) is 6.92 Å². The smallest absolute Gasteiger partial charge is 0.433 e. The van der Waals surface area contributed by atoms with E-state index in [2.05, 4.69) is 5.10 Å². The number of carboxylic acids is 1. The first-order chi connectivity index (χ1) is 11.2. The molecule has 9 heteroatoms. The van der Waals surface area contributed by atoms with Crippen LogP contribution in [-0.2, 0) is 15.7 Å². The summed E-state index contributed by atoms with van der Waals surface area (Å²) < 4.78 is 45.5. The van der Waals surface area contributed by atoms with Gasteiger partial charge >= 0.3 is 18.1 Å². The van der Waals surface area contributed by atoms with E-state index in [1.807, 2.05) is 0 Å². The molecule has 0 amide bonds. The highest BCUT2D eigenvalue weighted by Gasteiger charge is 2.43.